The molecule has 0 radical (unpaired) electrons. The molecule has 0 fully saturated rings. The van der Waals surface area contributed by atoms with Gasteiger partial charge in [0.1, 0.15) is 11.4 Å². The number of ketones is 2. The lowest BCUT2D eigenvalue weighted by Gasteiger charge is -2.28. The second kappa shape index (κ2) is 6.42. The van der Waals surface area contributed by atoms with Gasteiger partial charge >= 0.3 is 7.12 Å². The largest absolute Gasteiger partial charge is 0.535 e. The fraction of sp³-hybridized carbons (Fsp3) is 0.211. The average Bonchev–Trinajstić information content (AvgIpc) is 3.06. The first-order valence-electron chi connectivity index (χ1n) is 8.47. The molecular formula is C19H17BN2O4. The molecule has 0 spiro atoms. The minimum Gasteiger partial charge on any atom is -0.535 e. The number of aromatic nitrogens is 2. The second-order valence-corrected chi connectivity index (χ2v) is 6.55. The highest BCUT2D eigenvalue weighted by molar-refractivity contribution is 6.47. The van der Waals surface area contributed by atoms with Gasteiger partial charge in [-0.3, -0.25) is 9.59 Å². The van der Waals surface area contributed by atoms with Crippen LogP contribution in [0.15, 0.2) is 42.7 Å². The summed E-state index contributed by atoms with van der Waals surface area (Å²) in [5.74, 6) is -0.149. The summed E-state index contributed by atoms with van der Waals surface area (Å²) in [5.41, 5.74) is 2.51. The zero-order valence-electron chi connectivity index (χ0n) is 14.2. The molecule has 0 saturated heterocycles. The molecule has 7 heteroatoms. The molecule has 3 aromatic rings. The highest BCUT2D eigenvalue weighted by Crippen LogP contribution is 2.37. The molecule has 2 aromatic heterocycles. The van der Waals surface area contributed by atoms with Crippen LogP contribution in [0.1, 0.15) is 39.6 Å². The molecule has 1 aromatic carbocycles. The van der Waals surface area contributed by atoms with Crippen LogP contribution in [0.4, 0.5) is 0 Å². The first-order chi connectivity index (χ1) is 12.5. The van der Waals surface area contributed by atoms with Crippen LogP contribution in [-0.4, -0.2) is 33.7 Å². The maximum atomic E-state index is 12.8. The zero-order valence-corrected chi connectivity index (χ0v) is 14.2. The zero-order chi connectivity index (χ0) is 18.3. The number of benzene rings is 1. The molecule has 130 valence electrons. The SMILES string of the molecule is CC(=O)c1cccc2c1OB(O)[C@@H](CC(=O)c1c[nH]c3ncccc13)C2. The highest BCUT2D eigenvalue weighted by atomic mass is 16.5. The number of aromatic amines is 1. The standard InChI is InChI=1S/C19H17BN2O4/c1-11(23)14-5-2-4-12-8-13(20(25)26-18(12)14)9-17(24)16-10-22-19-15(16)6-3-7-21-19/h2-7,10,13,25H,8-9H2,1H3,(H,21,22)/t13-/m1/s1. The Morgan fingerprint density at radius 3 is 2.96 bits per heavy atom. The third-order valence-corrected chi connectivity index (χ3v) is 4.80. The number of Topliss-reactive ketones (excluding diaryl/α,β-unsaturated/α-hetero) is 2. The normalized spacial score (nSPS) is 16.2. The number of nitrogens with zero attached hydrogens (tertiary/aromatic N) is 1. The van der Waals surface area contributed by atoms with Crippen molar-refractivity contribution in [1.82, 2.24) is 9.97 Å². The van der Waals surface area contributed by atoms with Gasteiger partial charge in [0.2, 0.25) is 0 Å². The molecule has 2 N–H and O–H groups in total. The van der Waals surface area contributed by atoms with Gasteiger partial charge in [0.05, 0.1) is 5.56 Å². The Hall–Kier alpha value is -2.93. The van der Waals surface area contributed by atoms with Crippen LogP contribution in [0.25, 0.3) is 11.0 Å². The van der Waals surface area contributed by atoms with Gasteiger partial charge < -0.3 is 14.7 Å². The summed E-state index contributed by atoms with van der Waals surface area (Å²) < 4.78 is 5.60. The average molecular weight is 348 g/mol. The van der Waals surface area contributed by atoms with Crippen LogP contribution < -0.4 is 4.65 Å². The number of hydrogen-bond donors (Lipinski definition) is 2. The Bertz CT molecular complexity index is 1010. The van der Waals surface area contributed by atoms with Crippen molar-refractivity contribution < 1.29 is 19.3 Å². The fourth-order valence-electron chi connectivity index (χ4n) is 3.47. The van der Waals surface area contributed by atoms with E-state index in [4.69, 9.17) is 4.65 Å². The first-order valence-corrected chi connectivity index (χ1v) is 8.47. The number of carbonyl (C=O) groups excluding carboxylic acids is 2. The Morgan fingerprint density at radius 1 is 1.31 bits per heavy atom. The molecule has 0 bridgehead atoms. The molecule has 0 amide bonds. The summed E-state index contributed by atoms with van der Waals surface area (Å²) in [6, 6.07) is 8.96. The van der Waals surface area contributed by atoms with Crippen molar-refractivity contribution in [2.45, 2.75) is 25.6 Å². The molecule has 6 nitrogen and oxygen atoms in total. The van der Waals surface area contributed by atoms with Gasteiger partial charge in [-0.25, -0.2) is 4.98 Å². The van der Waals surface area contributed by atoms with E-state index >= 15 is 0 Å². The Labute approximate surface area is 150 Å². The van der Waals surface area contributed by atoms with Crippen molar-refractivity contribution >= 4 is 29.7 Å². The van der Waals surface area contributed by atoms with E-state index in [1.165, 1.54) is 6.92 Å². The molecule has 3 heterocycles. The summed E-state index contributed by atoms with van der Waals surface area (Å²) in [6.45, 7) is 1.46. The van der Waals surface area contributed by atoms with Crippen molar-refractivity contribution in [1.29, 1.82) is 0 Å². The van der Waals surface area contributed by atoms with E-state index in [9.17, 15) is 14.6 Å². The number of fused-ring (bicyclic) bond motifs is 2. The summed E-state index contributed by atoms with van der Waals surface area (Å²) in [5, 5.41) is 11.1. The van der Waals surface area contributed by atoms with E-state index in [0.717, 1.165) is 10.9 Å². The second-order valence-electron chi connectivity index (χ2n) is 6.55. The Morgan fingerprint density at radius 2 is 2.15 bits per heavy atom. The van der Waals surface area contributed by atoms with E-state index in [1.54, 1.807) is 30.6 Å². The van der Waals surface area contributed by atoms with Crippen molar-refractivity contribution in [3.63, 3.8) is 0 Å². The number of H-pyrrole nitrogens is 1. The van der Waals surface area contributed by atoms with Crippen molar-refractivity contribution in [2.75, 3.05) is 0 Å². The van der Waals surface area contributed by atoms with Gasteiger partial charge in [-0.15, -0.1) is 0 Å². The van der Waals surface area contributed by atoms with Crippen LogP contribution in [0.2, 0.25) is 5.82 Å². The molecule has 26 heavy (non-hydrogen) atoms. The molecule has 1 atom stereocenters. The number of rotatable bonds is 4. The predicted octanol–water partition coefficient (Wildman–Crippen LogP) is 2.82. The topological polar surface area (TPSA) is 92.3 Å². The summed E-state index contributed by atoms with van der Waals surface area (Å²) in [4.78, 5) is 31.7. The third kappa shape index (κ3) is 2.80. The van der Waals surface area contributed by atoms with Crippen molar-refractivity contribution in [2.24, 2.45) is 0 Å². The van der Waals surface area contributed by atoms with Gasteiger partial charge in [0.15, 0.2) is 11.6 Å². The van der Waals surface area contributed by atoms with E-state index < -0.39 is 7.12 Å². The lowest BCUT2D eigenvalue weighted by Crippen LogP contribution is -2.35. The summed E-state index contributed by atoms with van der Waals surface area (Å²) >= 11 is 0. The third-order valence-electron chi connectivity index (χ3n) is 4.80. The van der Waals surface area contributed by atoms with E-state index in [1.807, 2.05) is 12.1 Å². The van der Waals surface area contributed by atoms with Crippen molar-refractivity contribution in [3.8, 4) is 5.75 Å². The van der Waals surface area contributed by atoms with Gasteiger partial charge in [-0.1, -0.05) is 12.1 Å². The Balaban J connectivity index is 1.59. The van der Waals surface area contributed by atoms with E-state index in [2.05, 4.69) is 9.97 Å². The fourth-order valence-corrected chi connectivity index (χ4v) is 3.47. The highest BCUT2D eigenvalue weighted by Gasteiger charge is 2.37. The van der Waals surface area contributed by atoms with Crippen LogP contribution >= 0.6 is 0 Å². The van der Waals surface area contributed by atoms with Gasteiger partial charge in [-0.2, -0.15) is 0 Å². The van der Waals surface area contributed by atoms with Gasteiger partial charge in [0.25, 0.3) is 0 Å². The molecular weight excluding hydrogens is 331 g/mol. The first kappa shape index (κ1) is 16.5. The smallest absolute Gasteiger partial charge is 0.526 e. The predicted molar refractivity (Wildman–Crippen MR) is 97.5 cm³/mol. The lowest BCUT2D eigenvalue weighted by molar-refractivity contribution is 0.0973. The molecule has 1 aliphatic heterocycles. The van der Waals surface area contributed by atoms with Crippen LogP contribution in [0.5, 0.6) is 5.75 Å². The number of pyridine rings is 1. The van der Waals surface area contributed by atoms with Crippen molar-refractivity contribution in [3.05, 3.63) is 59.4 Å². The quantitative estimate of drug-likeness (QED) is 0.559. The molecule has 0 unspecified atom stereocenters. The molecule has 1 aliphatic rings. The maximum absolute atomic E-state index is 12.8. The van der Waals surface area contributed by atoms with E-state index in [0.29, 0.717) is 28.9 Å². The minimum absolute atomic E-state index is 0.0805. The number of carbonyl (C=O) groups is 2. The van der Waals surface area contributed by atoms with Crippen LogP contribution in [0, 0.1) is 0 Å². The summed E-state index contributed by atoms with van der Waals surface area (Å²) in [6.07, 6.45) is 3.93. The summed E-state index contributed by atoms with van der Waals surface area (Å²) in [7, 11) is -1.13. The molecule has 0 aliphatic carbocycles. The van der Waals surface area contributed by atoms with Crippen LogP contribution in [0.3, 0.4) is 0 Å². The van der Waals surface area contributed by atoms with E-state index in [-0.39, 0.29) is 23.8 Å². The molecule has 0 saturated carbocycles. The van der Waals surface area contributed by atoms with Crippen LogP contribution in [-0.2, 0) is 6.42 Å². The Kier molecular flexibility index (Phi) is 4.08. The number of para-hydroxylation sites is 1. The number of nitrogens with one attached hydrogen (secondary N) is 1. The van der Waals surface area contributed by atoms with Gasteiger partial charge in [-0.05, 0) is 37.1 Å². The lowest BCUT2D eigenvalue weighted by atomic mass is 9.64. The maximum Gasteiger partial charge on any atom is 0.526 e. The molecule has 4 rings (SSSR count). The number of hydrogen-bond acceptors (Lipinski definition) is 5. The minimum atomic E-state index is -1.13. The van der Waals surface area contributed by atoms with Gasteiger partial charge in [0, 0.05) is 35.6 Å². The monoisotopic (exact) mass is 348 g/mol.